The SMILES string of the molecule is CCC1CCCN(S(=O)(=O)c2ccccc2)C1. The Kier molecular flexibility index (Phi) is 3.84. The summed E-state index contributed by atoms with van der Waals surface area (Å²) in [7, 11) is -3.27. The van der Waals surface area contributed by atoms with E-state index in [-0.39, 0.29) is 0 Å². The minimum Gasteiger partial charge on any atom is -0.207 e. The molecule has 1 fully saturated rings. The van der Waals surface area contributed by atoms with Gasteiger partial charge in [0.1, 0.15) is 0 Å². The molecule has 1 aromatic rings. The molecular formula is C13H19NO2S. The van der Waals surface area contributed by atoms with Crippen LogP contribution in [0.1, 0.15) is 26.2 Å². The maximum atomic E-state index is 12.4. The van der Waals surface area contributed by atoms with Crippen molar-refractivity contribution >= 4 is 10.0 Å². The fraction of sp³-hybridized carbons (Fsp3) is 0.538. The number of rotatable bonds is 3. The van der Waals surface area contributed by atoms with Gasteiger partial charge in [0.25, 0.3) is 0 Å². The summed E-state index contributed by atoms with van der Waals surface area (Å²) in [4.78, 5) is 0.414. The van der Waals surface area contributed by atoms with E-state index in [9.17, 15) is 8.42 Å². The Morgan fingerprint density at radius 3 is 2.65 bits per heavy atom. The molecule has 4 heteroatoms. The van der Waals surface area contributed by atoms with Gasteiger partial charge in [-0.2, -0.15) is 4.31 Å². The molecule has 1 saturated heterocycles. The predicted octanol–water partition coefficient (Wildman–Crippen LogP) is 2.50. The molecule has 1 aliphatic rings. The number of hydrogen-bond donors (Lipinski definition) is 0. The van der Waals surface area contributed by atoms with Crippen molar-refractivity contribution in [3.05, 3.63) is 30.3 Å². The standard InChI is InChI=1S/C13H19NO2S/c1-2-12-7-6-10-14(11-12)17(15,16)13-8-4-3-5-9-13/h3-5,8-9,12H,2,6-7,10-11H2,1H3. The first kappa shape index (κ1) is 12.6. The van der Waals surface area contributed by atoms with Gasteiger partial charge in [-0.3, -0.25) is 0 Å². The van der Waals surface area contributed by atoms with Crippen LogP contribution < -0.4 is 0 Å². The van der Waals surface area contributed by atoms with Crippen molar-refractivity contribution in [3.63, 3.8) is 0 Å². The zero-order chi connectivity index (χ0) is 12.3. The lowest BCUT2D eigenvalue weighted by molar-refractivity contribution is 0.261. The topological polar surface area (TPSA) is 37.4 Å². The molecule has 1 unspecified atom stereocenters. The van der Waals surface area contributed by atoms with Crippen molar-refractivity contribution in [3.8, 4) is 0 Å². The molecule has 2 rings (SSSR count). The molecule has 3 nitrogen and oxygen atoms in total. The monoisotopic (exact) mass is 253 g/mol. The third-order valence-corrected chi connectivity index (χ3v) is 5.32. The average molecular weight is 253 g/mol. The summed E-state index contributed by atoms with van der Waals surface area (Å²) in [5, 5.41) is 0. The van der Waals surface area contributed by atoms with Crippen LogP contribution in [0.3, 0.4) is 0 Å². The summed E-state index contributed by atoms with van der Waals surface area (Å²) in [5.41, 5.74) is 0. The van der Waals surface area contributed by atoms with Crippen molar-refractivity contribution in [1.82, 2.24) is 4.31 Å². The predicted molar refractivity (Wildman–Crippen MR) is 68.2 cm³/mol. The van der Waals surface area contributed by atoms with E-state index in [2.05, 4.69) is 6.92 Å². The largest absolute Gasteiger partial charge is 0.243 e. The molecule has 0 aromatic heterocycles. The van der Waals surface area contributed by atoms with Gasteiger partial charge in [0.2, 0.25) is 10.0 Å². The molecule has 0 N–H and O–H groups in total. The molecule has 0 saturated carbocycles. The molecule has 0 radical (unpaired) electrons. The van der Waals surface area contributed by atoms with Gasteiger partial charge in [0, 0.05) is 13.1 Å². The number of nitrogens with zero attached hydrogens (tertiary/aromatic N) is 1. The highest BCUT2D eigenvalue weighted by Crippen LogP contribution is 2.24. The van der Waals surface area contributed by atoms with Crippen molar-refractivity contribution in [2.24, 2.45) is 5.92 Å². The first-order valence-corrected chi connectivity index (χ1v) is 7.64. The number of hydrogen-bond acceptors (Lipinski definition) is 2. The molecule has 17 heavy (non-hydrogen) atoms. The molecule has 0 bridgehead atoms. The van der Waals surface area contributed by atoms with E-state index in [1.165, 1.54) is 0 Å². The Morgan fingerprint density at radius 2 is 2.00 bits per heavy atom. The summed E-state index contributed by atoms with van der Waals surface area (Å²) < 4.78 is 26.4. The van der Waals surface area contributed by atoms with Gasteiger partial charge in [-0.25, -0.2) is 8.42 Å². The molecule has 1 heterocycles. The molecular weight excluding hydrogens is 234 g/mol. The average Bonchev–Trinajstić information content (AvgIpc) is 2.40. The molecule has 94 valence electrons. The summed E-state index contributed by atoms with van der Waals surface area (Å²) in [5.74, 6) is 0.516. The molecule has 0 spiro atoms. The zero-order valence-electron chi connectivity index (χ0n) is 10.2. The highest BCUT2D eigenvalue weighted by molar-refractivity contribution is 7.89. The van der Waals surface area contributed by atoms with E-state index in [0.29, 0.717) is 23.9 Å². The third-order valence-electron chi connectivity index (χ3n) is 3.44. The lowest BCUT2D eigenvalue weighted by atomic mass is 9.97. The van der Waals surface area contributed by atoms with Gasteiger partial charge < -0.3 is 0 Å². The first-order valence-electron chi connectivity index (χ1n) is 6.20. The first-order chi connectivity index (χ1) is 8.14. The van der Waals surface area contributed by atoms with E-state index in [1.54, 1.807) is 28.6 Å². The van der Waals surface area contributed by atoms with Crippen molar-refractivity contribution in [2.75, 3.05) is 13.1 Å². The lowest BCUT2D eigenvalue weighted by Gasteiger charge is -2.31. The fourth-order valence-electron chi connectivity index (χ4n) is 2.32. The van der Waals surface area contributed by atoms with Crippen LogP contribution in [0.15, 0.2) is 35.2 Å². The minimum absolute atomic E-state index is 0.414. The molecule has 1 aromatic carbocycles. The second-order valence-electron chi connectivity index (χ2n) is 4.59. The Balaban J connectivity index is 2.21. The van der Waals surface area contributed by atoms with Crippen LogP contribution in [0.25, 0.3) is 0 Å². The summed E-state index contributed by atoms with van der Waals surface area (Å²) in [6.45, 7) is 3.46. The van der Waals surface area contributed by atoms with Crippen LogP contribution in [0.4, 0.5) is 0 Å². The highest BCUT2D eigenvalue weighted by atomic mass is 32.2. The van der Waals surface area contributed by atoms with E-state index in [1.807, 2.05) is 6.07 Å². The van der Waals surface area contributed by atoms with Crippen LogP contribution in [-0.4, -0.2) is 25.8 Å². The van der Waals surface area contributed by atoms with Gasteiger partial charge in [-0.05, 0) is 30.9 Å². The summed E-state index contributed by atoms with van der Waals surface area (Å²) >= 11 is 0. The Bertz CT molecular complexity index is 456. The van der Waals surface area contributed by atoms with Crippen LogP contribution in [0.2, 0.25) is 0 Å². The summed E-state index contributed by atoms with van der Waals surface area (Å²) in [6, 6.07) is 8.72. The quantitative estimate of drug-likeness (QED) is 0.830. The number of piperidine rings is 1. The number of sulfonamides is 1. The zero-order valence-corrected chi connectivity index (χ0v) is 11.0. The third kappa shape index (κ3) is 2.69. The van der Waals surface area contributed by atoms with E-state index >= 15 is 0 Å². The van der Waals surface area contributed by atoms with Gasteiger partial charge in [-0.1, -0.05) is 31.5 Å². The van der Waals surface area contributed by atoms with Crippen molar-refractivity contribution < 1.29 is 8.42 Å². The van der Waals surface area contributed by atoms with Crippen molar-refractivity contribution in [1.29, 1.82) is 0 Å². The van der Waals surface area contributed by atoms with Gasteiger partial charge in [0.15, 0.2) is 0 Å². The molecule has 1 atom stereocenters. The van der Waals surface area contributed by atoms with Crippen LogP contribution in [0.5, 0.6) is 0 Å². The number of benzene rings is 1. The van der Waals surface area contributed by atoms with Gasteiger partial charge in [0.05, 0.1) is 4.90 Å². The molecule has 1 aliphatic heterocycles. The van der Waals surface area contributed by atoms with Gasteiger partial charge >= 0.3 is 0 Å². The Morgan fingerprint density at radius 1 is 1.29 bits per heavy atom. The maximum Gasteiger partial charge on any atom is 0.243 e. The van der Waals surface area contributed by atoms with Crippen molar-refractivity contribution in [2.45, 2.75) is 31.1 Å². The normalized spacial score (nSPS) is 22.5. The second-order valence-corrected chi connectivity index (χ2v) is 6.53. The maximum absolute atomic E-state index is 12.4. The fourth-order valence-corrected chi connectivity index (χ4v) is 3.90. The Hall–Kier alpha value is -0.870. The lowest BCUT2D eigenvalue weighted by Crippen LogP contribution is -2.39. The van der Waals surface area contributed by atoms with E-state index in [4.69, 9.17) is 0 Å². The summed E-state index contributed by atoms with van der Waals surface area (Å²) in [6.07, 6.45) is 3.18. The molecule has 0 aliphatic carbocycles. The second kappa shape index (κ2) is 5.19. The van der Waals surface area contributed by atoms with Gasteiger partial charge in [-0.15, -0.1) is 0 Å². The minimum atomic E-state index is -3.27. The smallest absolute Gasteiger partial charge is 0.207 e. The van der Waals surface area contributed by atoms with E-state index in [0.717, 1.165) is 19.3 Å². The van der Waals surface area contributed by atoms with Crippen LogP contribution in [0, 0.1) is 5.92 Å². The molecule has 0 amide bonds. The Labute approximate surface area is 104 Å². The highest BCUT2D eigenvalue weighted by Gasteiger charge is 2.29. The van der Waals surface area contributed by atoms with Crippen LogP contribution in [-0.2, 0) is 10.0 Å². The van der Waals surface area contributed by atoms with Crippen LogP contribution >= 0.6 is 0 Å². The van der Waals surface area contributed by atoms with E-state index < -0.39 is 10.0 Å².